The highest BCUT2D eigenvalue weighted by molar-refractivity contribution is 14.1. The van der Waals surface area contributed by atoms with Crippen molar-refractivity contribution in [3.8, 4) is 5.75 Å². The maximum atomic E-state index is 6.03. The van der Waals surface area contributed by atoms with E-state index in [4.69, 9.17) is 39.5 Å². The van der Waals surface area contributed by atoms with Crippen molar-refractivity contribution < 1.29 is 4.74 Å². The van der Waals surface area contributed by atoms with Gasteiger partial charge in [-0.15, -0.1) is 0 Å². The summed E-state index contributed by atoms with van der Waals surface area (Å²) in [6, 6.07) is 11.3. The van der Waals surface area contributed by atoms with Gasteiger partial charge in [-0.3, -0.25) is 0 Å². The van der Waals surface area contributed by atoms with Crippen LogP contribution in [0.1, 0.15) is 5.56 Å². The van der Waals surface area contributed by atoms with Crippen LogP contribution in [0.25, 0.3) is 0 Å². The number of hydrogen-bond acceptors (Lipinski definition) is 1. The molecule has 2 aromatic carbocycles. The van der Waals surface area contributed by atoms with Crippen LogP contribution in [0.4, 0.5) is 0 Å². The first-order valence-corrected chi connectivity index (χ1v) is 7.29. The first-order chi connectivity index (χ1) is 8.56. The Hall–Kier alpha value is -0.160. The van der Waals surface area contributed by atoms with Crippen LogP contribution >= 0.6 is 57.4 Å². The van der Waals surface area contributed by atoms with Gasteiger partial charge in [-0.2, -0.15) is 0 Å². The Morgan fingerprint density at radius 3 is 2.06 bits per heavy atom. The molecule has 0 aliphatic rings. The zero-order valence-electron chi connectivity index (χ0n) is 9.09. The molecule has 0 saturated heterocycles. The molecular formula is C13H8Cl3IO. The minimum absolute atomic E-state index is 0.415. The van der Waals surface area contributed by atoms with Gasteiger partial charge in [0.1, 0.15) is 6.61 Å². The maximum absolute atomic E-state index is 6.03. The van der Waals surface area contributed by atoms with Crippen LogP contribution in [0.2, 0.25) is 15.1 Å². The van der Waals surface area contributed by atoms with Crippen LogP contribution < -0.4 is 4.74 Å². The molecule has 0 N–H and O–H groups in total. The second-order valence-corrected chi connectivity index (χ2v) is 6.11. The fourth-order valence-corrected chi connectivity index (χ4v) is 2.69. The topological polar surface area (TPSA) is 9.23 Å². The zero-order valence-corrected chi connectivity index (χ0v) is 13.5. The summed E-state index contributed by atoms with van der Waals surface area (Å²) in [5, 5.41) is 1.32. The molecule has 0 heterocycles. The minimum atomic E-state index is 0.415. The highest BCUT2D eigenvalue weighted by Gasteiger charge is 2.09. The number of ether oxygens (including phenoxy) is 1. The molecule has 0 aromatic heterocycles. The summed E-state index contributed by atoms with van der Waals surface area (Å²) in [6.45, 7) is 0.415. The van der Waals surface area contributed by atoms with Gasteiger partial charge in [0.25, 0.3) is 0 Å². The summed E-state index contributed by atoms with van der Waals surface area (Å²) in [5.74, 6) is 0.460. The molecule has 0 aliphatic heterocycles. The van der Waals surface area contributed by atoms with E-state index in [2.05, 4.69) is 22.6 Å². The van der Waals surface area contributed by atoms with Crippen molar-refractivity contribution in [3.05, 3.63) is 60.6 Å². The van der Waals surface area contributed by atoms with Crippen LogP contribution in [0.15, 0.2) is 36.4 Å². The van der Waals surface area contributed by atoms with Crippen molar-refractivity contribution in [3.63, 3.8) is 0 Å². The SMILES string of the molecule is Clc1cc(Cl)c(OCc2ccc(I)cc2)c(Cl)c1. The number of hydrogen-bond donors (Lipinski definition) is 0. The summed E-state index contributed by atoms with van der Waals surface area (Å²) in [6.07, 6.45) is 0. The van der Waals surface area contributed by atoms with Crippen molar-refractivity contribution in [2.24, 2.45) is 0 Å². The van der Waals surface area contributed by atoms with Gasteiger partial charge in [-0.1, -0.05) is 46.9 Å². The Morgan fingerprint density at radius 1 is 0.944 bits per heavy atom. The molecule has 94 valence electrons. The predicted molar refractivity (Wildman–Crippen MR) is 85.0 cm³/mol. The van der Waals surface area contributed by atoms with Crippen LogP contribution in [0.3, 0.4) is 0 Å². The highest BCUT2D eigenvalue weighted by Crippen LogP contribution is 2.36. The quantitative estimate of drug-likeness (QED) is 0.575. The molecule has 2 aromatic rings. The molecular weight excluding hydrogens is 405 g/mol. The number of benzene rings is 2. The molecule has 5 heteroatoms. The molecule has 2 rings (SSSR count). The maximum Gasteiger partial charge on any atom is 0.157 e. The molecule has 0 radical (unpaired) electrons. The molecule has 0 aliphatic carbocycles. The third-order valence-corrected chi connectivity index (χ3v) is 3.76. The standard InChI is InChI=1S/C13H8Cl3IO/c14-9-5-11(15)13(12(16)6-9)18-7-8-1-3-10(17)4-2-8/h1-6H,7H2. The second kappa shape index (κ2) is 6.33. The molecule has 0 saturated carbocycles. The Balaban J connectivity index is 2.13. The van der Waals surface area contributed by atoms with Crippen LogP contribution in [-0.2, 0) is 6.61 Å². The summed E-state index contributed by atoms with van der Waals surface area (Å²) < 4.78 is 6.80. The fourth-order valence-electron chi connectivity index (χ4n) is 1.40. The average Bonchev–Trinajstić information content (AvgIpc) is 2.30. The zero-order chi connectivity index (χ0) is 13.1. The lowest BCUT2D eigenvalue weighted by atomic mass is 10.2. The lowest BCUT2D eigenvalue weighted by molar-refractivity contribution is 0.306. The molecule has 0 fully saturated rings. The van der Waals surface area contributed by atoms with E-state index in [1.807, 2.05) is 24.3 Å². The lowest BCUT2D eigenvalue weighted by Crippen LogP contribution is -1.96. The molecule has 1 nitrogen and oxygen atoms in total. The Morgan fingerprint density at radius 2 is 1.50 bits per heavy atom. The smallest absolute Gasteiger partial charge is 0.157 e. The lowest BCUT2D eigenvalue weighted by Gasteiger charge is -2.10. The predicted octanol–water partition coefficient (Wildman–Crippen LogP) is 5.83. The summed E-state index contributed by atoms with van der Waals surface area (Å²) >= 11 is 20.1. The first kappa shape index (κ1) is 14.3. The van der Waals surface area contributed by atoms with E-state index in [1.54, 1.807) is 12.1 Å². The van der Waals surface area contributed by atoms with Crippen LogP contribution in [-0.4, -0.2) is 0 Å². The molecule has 0 spiro atoms. The number of rotatable bonds is 3. The van der Waals surface area contributed by atoms with Gasteiger partial charge in [0, 0.05) is 8.59 Å². The van der Waals surface area contributed by atoms with Gasteiger partial charge in [-0.25, -0.2) is 0 Å². The monoisotopic (exact) mass is 412 g/mol. The first-order valence-electron chi connectivity index (χ1n) is 5.08. The summed E-state index contributed by atoms with van der Waals surface area (Å²) in [4.78, 5) is 0. The molecule has 0 atom stereocenters. The Kier molecular flexibility index (Phi) is 5.01. The number of halogens is 4. The molecule has 18 heavy (non-hydrogen) atoms. The van der Waals surface area contributed by atoms with E-state index < -0.39 is 0 Å². The van der Waals surface area contributed by atoms with E-state index in [9.17, 15) is 0 Å². The molecule has 0 bridgehead atoms. The van der Waals surface area contributed by atoms with Gasteiger partial charge in [0.15, 0.2) is 5.75 Å². The normalized spacial score (nSPS) is 10.4. The van der Waals surface area contributed by atoms with Crippen molar-refractivity contribution in [2.45, 2.75) is 6.61 Å². The van der Waals surface area contributed by atoms with Gasteiger partial charge in [0.05, 0.1) is 10.0 Å². The Bertz CT molecular complexity index is 532. The average molecular weight is 413 g/mol. The molecule has 0 amide bonds. The third kappa shape index (κ3) is 3.67. The van der Waals surface area contributed by atoms with E-state index in [1.165, 1.54) is 3.57 Å². The Labute approximate surface area is 134 Å². The largest absolute Gasteiger partial charge is 0.486 e. The third-order valence-electron chi connectivity index (χ3n) is 2.26. The van der Waals surface area contributed by atoms with E-state index >= 15 is 0 Å². The van der Waals surface area contributed by atoms with E-state index in [0.717, 1.165) is 5.56 Å². The van der Waals surface area contributed by atoms with Crippen molar-refractivity contribution in [1.29, 1.82) is 0 Å². The van der Waals surface area contributed by atoms with Crippen molar-refractivity contribution in [1.82, 2.24) is 0 Å². The minimum Gasteiger partial charge on any atom is -0.486 e. The van der Waals surface area contributed by atoms with Gasteiger partial charge < -0.3 is 4.74 Å². The second-order valence-electron chi connectivity index (χ2n) is 3.61. The van der Waals surface area contributed by atoms with E-state index in [0.29, 0.717) is 27.4 Å². The van der Waals surface area contributed by atoms with Gasteiger partial charge >= 0.3 is 0 Å². The van der Waals surface area contributed by atoms with E-state index in [-0.39, 0.29) is 0 Å². The highest BCUT2D eigenvalue weighted by atomic mass is 127. The van der Waals surface area contributed by atoms with Crippen molar-refractivity contribution in [2.75, 3.05) is 0 Å². The van der Waals surface area contributed by atoms with Crippen LogP contribution in [0, 0.1) is 3.57 Å². The fraction of sp³-hybridized carbons (Fsp3) is 0.0769. The van der Waals surface area contributed by atoms with Gasteiger partial charge in [-0.05, 0) is 52.4 Å². The summed E-state index contributed by atoms with van der Waals surface area (Å²) in [5.41, 5.74) is 1.05. The molecule has 0 unspecified atom stereocenters. The summed E-state index contributed by atoms with van der Waals surface area (Å²) in [7, 11) is 0. The van der Waals surface area contributed by atoms with Crippen LogP contribution in [0.5, 0.6) is 5.75 Å². The van der Waals surface area contributed by atoms with Crippen molar-refractivity contribution >= 4 is 57.4 Å². The van der Waals surface area contributed by atoms with Gasteiger partial charge in [0.2, 0.25) is 0 Å².